The summed E-state index contributed by atoms with van der Waals surface area (Å²) >= 11 is 0. The van der Waals surface area contributed by atoms with Crippen molar-refractivity contribution in [1.82, 2.24) is 0 Å². The zero-order chi connectivity index (χ0) is 11.4. The van der Waals surface area contributed by atoms with Crippen LogP contribution in [0.1, 0.15) is 18.5 Å². The highest BCUT2D eigenvalue weighted by Gasteiger charge is 2.12. The van der Waals surface area contributed by atoms with Crippen molar-refractivity contribution >= 4 is 5.91 Å². The van der Waals surface area contributed by atoms with Gasteiger partial charge in [-0.1, -0.05) is 0 Å². The SMILES string of the molecule is C[C@H]([NH2+]CC(N)=O)c1ccc(F)c(F)c1. The number of nitrogens with two attached hydrogens (primary N) is 2. The van der Waals surface area contributed by atoms with E-state index in [9.17, 15) is 13.6 Å². The molecule has 0 fully saturated rings. The van der Waals surface area contributed by atoms with Crippen LogP contribution in [-0.4, -0.2) is 12.5 Å². The van der Waals surface area contributed by atoms with Crippen LogP contribution in [0.4, 0.5) is 8.78 Å². The van der Waals surface area contributed by atoms with Gasteiger partial charge in [-0.05, 0) is 25.1 Å². The maximum atomic E-state index is 12.9. The van der Waals surface area contributed by atoms with Gasteiger partial charge in [0.15, 0.2) is 18.2 Å². The molecule has 0 aromatic heterocycles. The Kier molecular flexibility index (Phi) is 3.74. The topological polar surface area (TPSA) is 59.7 Å². The standard InChI is InChI=1S/C10H12F2N2O/c1-6(14-5-10(13)15)7-2-3-8(11)9(12)4-7/h2-4,6,14H,5H2,1H3,(H2,13,15)/p+1/t6-/m0/s1. The molecule has 1 atom stereocenters. The Morgan fingerprint density at radius 2 is 2.13 bits per heavy atom. The number of amides is 1. The van der Waals surface area contributed by atoms with Crippen molar-refractivity contribution in [2.45, 2.75) is 13.0 Å². The molecule has 1 aromatic rings. The lowest BCUT2D eigenvalue weighted by molar-refractivity contribution is -0.682. The Labute approximate surface area is 86.3 Å². The van der Waals surface area contributed by atoms with Crippen molar-refractivity contribution in [3.63, 3.8) is 0 Å². The monoisotopic (exact) mass is 215 g/mol. The third-order valence-corrected chi connectivity index (χ3v) is 2.14. The van der Waals surface area contributed by atoms with E-state index < -0.39 is 17.5 Å². The van der Waals surface area contributed by atoms with Crippen molar-refractivity contribution < 1.29 is 18.9 Å². The third kappa shape index (κ3) is 3.28. The molecular formula is C10H13F2N2O+. The fourth-order valence-corrected chi connectivity index (χ4v) is 1.22. The molecule has 0 heterocycles. The van der Waals surface area contributed by atoms with Gasteiger partial charge < -0.3 is 11.1 Å². The van der Waals surface area contributed by atoms with E-state index in [1.54, 1.807) is 12.2 Å². The predicted octanol–water partition coefficient (Wildman–Crippen LogP) is 0.0745. The Bertz CT molecular complexity index is 368. The van der Waals surface area contributed by atoms with Crippen LogP contribution in [0.5, 0.6) is 0 Å². The van der Waals surface area contributed by atoms with Crippen LogP contribution in [0.3, 0.4) is 0 Å². The van der Waals surface area contributed by atoms with Gasteiger partial charge in [0.05, 0.1) is 0 Å². The average molecular weight is 215 g/mol. The summed E-state index contributed by atoms with van der Waals surface area (Å²) < 4.78 is 25.5. The first-order valence-electron chi connectivity index (χ1n) is 4.57. The van der Waals surface area contributed by atoms with Crippen molar-refractivity contribution in [3.8, 4) is 0 Å². The highest BCUT2D eigenvalue weighted by atomic mass is 19.2. The first-order chi connectivity index (χ1) is 7.00. The smallest absolute Gasteiger partial charge is 0.272 e. The number of hydrogen-bond donors (Lipinski definition) is 2. The van der Waals surface area contributed by atoms with Crippen LogP contribution < -0.4 is 11.1 Å². The lowest BCUT2D eigenvalue weighted by atomic mass is 10.1. The van der Waals surface area contributed by atoms with Crippen LogP contribution in [-0.2, 0) is 4.79 Å². The van der Waals surface area contributed by atoms with Gasteiger partial charge >= 0.3 is 0 Å². The molecule has 3 nitrogen and oxygen atoms in total. The fraction of sp³-hybridized carbons (Fsp3) is 0.300. The molecule has 0 unspecified atom stereocenters. The lowest BCUT2D eigenvalue weighted by Crippen LogP contribution is -2.86. The van der Waals surface area contributed by atoms with Crippen LogP contribution in [0.2, 0.25) is 0 Å². The van der Waals surface area contributed by atoms with Crippen LogP contribution in [0.25, 0.3) is 0 Å². The highest BCUT2D eigenvalue weighted by Crippen LogP contribution is 2.12. The molecule has 0 aliphatic carbocycles. The molecule has 1 amide bonds. The quantitative estimate of drug-likeness (QED) is 0.734. The largest absolute Gasteiger partial charge is 0.365 e. The van der Waals surface area contributed by atoms with E-state index in [-0.39, 0.29) is 12.6 Å². The fourth-order valence-electron chi connectivity index (χ4n) is 1.22. The van der Waals surface area contributed by atoms with E-state index in [0.29, 0.717) is 5.56 Å². The summed E-state index contributed by atoms with van der Waals surface area (Å²) in [6.07, 6.45) is 0. The summed E-state index contributed by atoms with van der Waals surface area (Å²) in [6.45, 7) is 1.91. The van der Waals surface area contributed by atoms with Crippen molar-refractivity contribution in [2.24, 2.45) is 5.73 Å². The summed E-state index contributed by atoms with van der Waals surface area (Å²) in [7, 11) is 0. The minimum atomic E-state index is -0.883. The van der Waals surface area contributed by atoms with E-state index in [1.807, 2.05) is 0 Å². The van der Waals surface area contributed by atoms with Gasteiger partial charge in [-0.2, -0.15) is 0 Å². The molecular weight excluding hydrogens is 202 g/mol. The number of carbonyl (C=O) groups excluding carboxylic acids is 1. The molecule has 82 valence electrons. The molecule has 4 N–H and O–H groups in total. The van der Waals surface area contributed by atoms with Crippen LogP contribution in [0.15, 0.2) is 18.2 Å². The number of carbonyl (C=O) groups is 1. The third-order valence-electron chi connectivity index (χ3n) is 2.14. The minimum absolute atomic E-state index is 0.125. The van der Waals surface area contributed by atoms with E-state index in [0.717, 1.165) is 12.1 Å². The molecule has 0 saturated heterocycles. The summed E-state index contributed by atoms with van der Waals surface area (Å²) in [5.41, 5.74) is 5.59. The first kappa shape index (κ1) is 11.6. The Morgan fingerprint density at radius 3 is 2.67 bits per heavy atom. The summed E-state index contributed by atoms with van der Waals surface area (Å²) in [6, 6.07) is 3.55. The van der Waals surface area contributed by atoms with Crippen LogP contribution >= 0.6 is 0 Å². The van der Waals surface area contributed by atoms with Gasteiger partial charge in [0.2, 0.25) is 0 Å². The van der Waals surface area contributed by atoms with Gasteiger partial charge in [0.1, 0.15) is 6.04 Å². The second kappa shape index (κ2) is 4.84. The van der Waals surface area contributed by atoms with Crippen molar-refractivity contribution in [2.75, 3.05) is 6.54 Å². The Balaban J connectivity index is 2.69. The van der Waals surface area contributed by atoms with E-state index in [1.165, 1.54) is 6.07 Å². The summed E-state index contributed by atoms with van der Waals surface area (Å²) in [4.78, 5) is 10.5. The average Bonchev–Trinajstić information content (AvgIpc) is 2.18. The first-order valence-corrected chi connectivity index (χ1v) is 4.57. The predicted molar refractivity (Wildman–Crippen MR) is 50.8 cm³/mol. The second-order valence-electron chi connectivity index (χ2n) is 3.37. The number of rotatable bonds is 4. The van der Waals surface area contributed by atoms with Crippen molar-refractivity contribution in [1.29, 1.82) is 0 Å². The number of halogens is 2. The minimum Gasteiger partial charge on any atom is -0.365 e. The van der Waals surface area contributed by atoms with Gasteiger partial charge in [0.25, 0.3) is 5.91 Å². The molecule has 0 saturated carbocycles. The Hall–Kier alpha value is -1.49. The number of quaternary nitrogens is 1. The number of hydrogen-bond acceptors (Lipinski definition) is 1. The summed E-state index contributed by atoms with van der Waals surface area (Å²) in [5.74, 6) is -2.20. The molecule has 0 aliphatic rings. The molecule has 1 aromatic carbocycles. The molecule has 1 rings (SSSR count). The summed E-state index contributed by atoms with van der Waals surface area (Å²) in [5, 5.41) is 1.66. The van der Waals surface area contributed by atoms with Gasteiger partial charge in [0, 0.05) is 5.56 Å². The molecule has 0 aliphatic heterocycles. The maximum absolute atomic E-state index is 12.9. The normalized spacial score (nSPS) is 12.5. The molecule has 0 radical (unpaired) electrons. The molecule has 0 bridgehead atoms. The lowest BCUT2D eigenvalue weighted by Gasteiger charge is -2.09. The maximum Gasteiger partial charge on any atom is 0.272 e. The second-order valence-corrected chi connectivity index (χ2v) is 3.37. The number of primary amides is 1. The zero-order valence-corrected chi connectivity index (χ0v) is 8.34. The Morgan fingerprint density at radius 1 is 1.47 bits per heavy atom. The highest BCUT2D eigenvalue weighted by molar-refractivity contribution is 5.74. The van der Waals surface area contributed by atoms with Gasteiger partial charge in [-0.15, -0.1) is 0 Å². The van der Waals surface area contributed by atoms with Crippen molar-refractivity contribution in [3.05, 3.63) is 35.4 Å². The zero-order valence-electron chi connectivity index (χ0n) is 8.34. The number of benzene rings is 1. The van der Waals surface area contributed by atoms with E-state index in [2.05, 4.69) is 0 Å². The molecule has 0 spiro atoms. The van der Waals surface area contributed by atoms with Gasteiger partial charge in [-0.25, -0.2) is 8.78 Å². The van der Waals surface area contributed by atoms with E-state index in [4.69, 9.17) is 5.73 Å². The molecule has 15 heavy (non-hydrogen) atoms. The van der Waals surface area contributed by atoms with Crippen LogP contribution in [0, 0.1) is 11.6 Å². The van der Waals surface area contributed by atoms with Gasteiger partial charge in [-0.3, -0.25) is 4.79 Å². The molecule has 5 heteroatoms. The van der Waals surface area contributed by atoms with E-state index >= 15 is 0 Å².